The Morgan fingerprint density at radius 1 is 1.29 bits per heavy atom. The Hall–Kier alpha value is -0.760. The zero-order valence-corrected chi connectivity index (χ0v) is 9.74. The van der Waals surface area contributed by atoms with E-state index < -0.39 is 0 Å². The molecule has 2 rings (SSSR count). The molecular weight excluding hydrogens is 190 g/mol. The summed E-state index contributed by atoms with van der Waals surface area (Å²) < 4.78 is 0. The van der Waals surface area contributed by atoms with Crippen LogP contribution in [-0.4, -0.2) is 18.5 Å². The summed E-state index contributed by atoms with van der Waals surface area (Å²) in [6.07, 6.45) is 1.11. The number of rotatable bonds is 0. The lowest BCUT2D eigenvalue weighted by Crippen LogP contribution is -2.12. The molecule has 1 aromatic carbocycles. The van der Waals surface area contributed by atoms with Gasteiger partial charge in [0.1, 0.15) is 0 Å². The highest BCUT2D eigenvalue weighted by Crippen LogP contribution is 2.33. The smallest absolute Gasteiger partial charge is 0.0439 e. The number of hydrogen-bond acceptors (Lipinski definition) is 2. The summed E-state index contributed by atoms with van der Waals surface area (Å²) in [7, 11) is 1.90. The molecular formula is C12H15NS. The van der Waals surface area contributed by atoms with Crippen LogP contribution in [0.1, 0.15) is 23.1 Å². The second kappa shape index (κ2) is 3.77. The van der Waals surface area contributed by atoms with Gasteiger partial charge in [0.15, 0.2) is 0 Å². The average molecular weight is 205 g/mol. The molecule has 1 aliphatic heterocycles. The Kier molecular flexibility index (Phi) is 2.64. The number of fused-ring (bicyclic) bond motifs is 1. The fourth-order valence-corrected chi connectivity index (χ4v) is 2.97. The highest BCUT2D eigenvalue weighted by molar-refractivity contribution is 7.99. The Labute approximate surface area is 89.6 Å². The summed E-state index contributed by atoms with van der Waals surface area (Å²) in [6.45, 7) is 4.37. The van der Waals surface area contributed by atoms with E-state index in [1.807, 2.05) is 18.8 Å². The van der Waals surface area contributed by atoms with Crippen molar-refractivity contribution in [2.75, 3.05) is 12.8 Å². The van der Waals surface area contributed by atoms with Crippen molar-refractivity contribution in [3.63, 3.8) is 0 Å². The van der Waals surface area contributed by atoms with E-state index >= 15 is 0 Å². The molecule has 0 unspecified atom stereocenters. The van der Waals surface area contributed by atoms with E-state index in [4.69, 9.17) is 0 Å². The average Bonchev–Trinajstić information content (AvgIpc) is 2.23. The van der Waals surface area contributed by atoms with Crippen molar-refractivity contribution in [2.45, 2.75) is 25.2 Å². The lowest BCUT2D eigenvalue weighted by atomic mass is 9.98. The fourth-order valence-electron chi connectivity index (χ4n) is 1.88. The van der Waals surface area contributed by atoms with Gasteiger partial charge in [-0.2, -0.15) is 0 Å². The number of benzene rings is 1. The first-order chi connectivity index (χ1) is 6.74. The van der Waals surface area contributed by atoms with Crippen LogP contribution in [0.2, 0.25) is 0 Å². The molecule has 1 nitrogen and oxygen atoms in total. The van der Waals surface area contributed by atoms with Crippen LogP contribution in [0.4, 0.5) is 0 Å². The Bertz CT molecular complexity index is 394. The normalized spacial score (nSPS) is 18.4. The number of thioether (sulfide) groups is 1. The molecule has 0 saturated heterocycles. The lowest BCUT2D eigenvalue weighted by Gasteiger charge is -2.20. The maximum absolute atomic E-state index is 4.39. The molecule has 1 aliphatic rings. The Morgan fingerprint density at radius 3 is 2.79 bits per heavy atom. The van der Waals surface area contributed by atoms with E-state index in [1.165, 1.54) is 33.1 Å². The number of aliphatic imine (C=N–C) groups is 1. The Balaban J connectivity index is 2.65. The zero-order valence-electron chi connectivity index (χ0n) is 8.92. The second-order valence-corrected chi connectivity index (χ2v) is 4.79. The standard InChI is InChI=1S/C12H15NS/c1-8-4-5-11-12(9(8)2)10(13-3)6-7-14-11/h4-5H,6-7H2,1-3H3. The molecule has 0 amide bonds. The molecule has 0 aromatic heterocycles. The first-order valence-electron chi connectivity index (χ1n) is 4.93. The third kappa shape index (κ3) is 1.48. The molecule has 1 heterocycles. The van der Waals surface area contributed by atoms with Gasteiger partial charge >= 0.3 is 0 Å². The molecule has 2 heteroatoms. The first kappa shape index (κ1) is 9.78. The van der Waals surface area contributed by atoms with Crippen molar-refractivity contribution in [2.24, 2.45) is 4.99 Å². The summed E-state index contributed by atoms with van der Waals surface area (Å²) >= 11 is 1.95. The van der Waals surface area contributed by atoms with E-state index in [-0.39, 0.29) is 0 Å². The molecule has 0 saturated carbocycles. The molecule has 0 fully saturated rings. The van der Waals surface area contributed by atoms with Crippen molar-refractivity contribution in [3.05, 3.63) is 28.8 Å². The van der Waals surface area contributed by atoms with Crippen LogP contribution in [0.15, 0.2) is 22.0 Å². The molecule has 0 radical (unpaired) electrons. The van der Waals surface area contributed by atoms with Gasteiger partial charge in [-0.25, -0.2) is 0 Å². The molecule has 0 bridgehead atoms. The summed E-state index contributed by atoms with van der Waals surface area (Å²) in [6, 6.07) is 4.44. The molecule has 14 heavy (non-hydrogen) atoms. The zero-order chi connectivity index (χ0) is 10.1. The quantitative estimate of drug-likeness (QED) is 0.633. The number of aryl methyl sites for hydroxylation is 1. The summed E-state index contributed by atoms with van der Waals surface area (Å²) in [5, 5.41) is 0. The maximum atomic E-state index is 4.39. The van der Waals surface area contributed by atoms with Gasteiger partial charge in [-0.3, -0.25) is 4.99 Å². The predicted molar refractivity (Wildman–Crippen MR) is 63.7 cm³/mol. The molecule has 0 atom stereocenters. The topological polar surface area (TPSA) is 12.4 Å². The minimum absolute atomic E-state index is 1.11. The van der Waals surface area contributed by atoms with E-state index in [0.29, 0.717) is 0 Å². The van der Waals surface area contributed by atoms with Crippen LogP contribution >= 0.6 is 11.8 Å². The summed E-state index contributed by atoms with van der Waals surface area (Å²) in [5.74, 6) is 1.17. The van der Waals surface area contributed by atoms with Crippen molar-refractivity contribution >= 4 is 17.5 Å². The van der Waals surface area contributed by atoms with Crippen LogP contribution in [0.5, 0.6) is 0 Å². The van der Waals surface area contributed by atoms with Crippen LogP contribution < -0.4 is 0 Å². The largest absolute Gasteiger partial charge is 0.292 e. The van der Waals surface area contributed by atoms with E-state index in [2.05, 4.69) is 31.0 Å². The predicted octanol–water partition coefficient (Wildman–Crippen LogP) is 3.22. The van der Waals surface area contributed by atoms with Gasteiger partial charge in [0.05, 0.1) is 0 Å². The van der Waals surface area contributed by atoms with E-state index in [9.17, 15) is 0 Å². The van der Waals surface area contributed by atoms with Gasteiger partial charge in [-0.05, 0) is 37.5 Å². The second-order valence-electron chi connectivity index (χ2n) is 3.65. The van der Waals surface area contributed by atoms with Crippen LogP contribution in [0.25, 0.3) is 0 Å². The van der Waals surface area contributed by atoms with Gasteiger partial charge in [0.2, 0.25) is 0 Å². The minimum atomic E-state index is 1.11. The summed E-state index contributed by atoms with van der Waals surface area (Å²) in [5.41, 5.74) is 5.44. The van der Waals surface area contributed by atoms with E-state index in [1.54, 1.807) is 0 Å². The highest BCUT2D eigenvalue weighted by atomic mass is 32.2. The molecule has 0 aliphatic carbocycles. The van der Waals surface area contributed by atoms with Crippen LogP contribution in [0, 0.1) is 13.8 Å². The SMILES string of the molecule is CN=C1CCSc2ccc(C)c(C)c21. The van der Waals surface area contributed by atoms with Gasteiger partial charge in [0, 0.05) is 29.0 Å². The summed E-state index contributed by atoms with van der Waals surface area (Å²) in [4.78, 5) is 5.80. The van der Waals surface area contributed by atoms with Crippen LogP contribution in [0.3, 0.4) is 0 Å². The van der Waals surface area contributed by atoms with Crippen molar-refractivity contribution < 1.29 is 0 Å². The first-order valence-corrected chi connectivity index (χ1v) is 5.91. The molecule has 1 aromatic rings. The third-order valence-corrected chi connectivity index (χ3v) is 3.91. The van der Waals surface area contributed by atoms with Gasteiger partial charge < -0.3 is 0 Å². The monoisotopic (exact) mass is 205 g/mol. The van der Waals surface area contributed by atoms with Crippen LogP contribution in [-0.2, 0) is 0 Å². The van der Waals surface area contributed by atoms with Gasteiger partial charge in [0.25, 0.3) is 0 Å². The van der Waals surface area contributed by atoms with Gasteiger partial charge in [-0.15, -0.1) is 11.8 Å². The van der Waals surface area contributed by atoms with E-state index in [0.717, 1.165) is 6.42 Å². The molecule has 0 N–H and O–H groups in total. The Morgan fingerprint density at radius 2 is 2.07 bits per heavy atom. The van der Waals surface area contributed by atoms with Gasteiger partial charge in [-0.1, -0.05) is 6.07 Å². The number of hydrogen-bond donors (Lipinski definition) is 0. The fraction of sp³-hybridized carbons (Fsp3) is 0.417. The lowest BCUT2D eigenvalue weighted by molar-refractivity contribution is 1.16. The number of nitrogens with zero attached hydrogens (tertiary/aromatic N) is 1. The van der Waals surface area contributed by atoms with Crippen molar-refractivity contribution in [1.29, 1.82) is 0 Å². The minimum Gasteiger partial charge on any atom is -0.292 e. The highest BCUT2D eigenvalue weighted by Gasteiger charge is 2.18. The van der Waals surface area contributed by atoms with Crippen molar-refractivity contribution in [1.82, 2.24) is 0 Å². The maximum Gasteiger partial charge on any atom is 0.0439 e. The molecule has 74 valence electrons. The van der Waals surface area contributed by atoms with Crippen molar-refractivity contribution in [3.8, 4) is 0 Å². The molecule has 0 spiro atoms. The third-order valence-electron chi connectivity index (χ3n) is 2.85.